The Morgan fingerprint density at radius 1 is 1.40 bits per heavy atom. The lowest BCUT2D eigenvalue weighted by Gasteiger charge is -2.27. The van der Waals surface area contributed by atoms with Gasteiger partial charge in [0.2, 0.25) is 0 Å². The molecule has 2 aliphatic heterocycles. The molecule has 1 unspecified atom stereocenters. The standard InChI is InChI=1S/C14H19ClN2O3/c1-19-14(18)10-2-3-11-12(15)16-13(17(11)8-10)9-4-6-20-7-5-9/h9-10H,2-8H2,1H3. The third kappa shape index (κ3) is 2.44. The molecule has 20 heavy (non-hydrogen) atoms. The molecule has 0 aliphatic carbocycles. The number of carbonyl (C=O) groups excluding carboxylic acids is 1. The Bertz CT molecular complexity index is 509. The minimum atomic E-state index is -0.140. The SMILES string of the molecule is COC(=O)C1CCc2c(Cl)nc(C3CCOCC3)n2C1. The predicted molar refractivity (Wildman–Crippen MR) is 73.9 cm³/mol. The molecule has 0 bridgehead atoms. The van der Waals surface area contributed by atoms with E-state index in [4.69, 9.17) is 21.1 Å². The molecule has 0 radical (unpaired) electrons. The maximum Gasteiger partial charge on any atom is 0.310 e. The molecule has 0 amide bonds. The Labute approximate surface area is 123 Å². The van der Waals surface area contributed by atoms with Gasteiger partial charge in [0.15, 0.2) is 5.15 Å². The molecule has 1 aromatic heterocycles. The number of hydrogen-bond donors (Lipinski definition) is 0. The van der Waals surface area contributed by atoms with Gasteiger partial charge < -0.3 is 14.0 Å². The molecule has 5 nitrogen and oxygen atoms in total. The molecular weight excluding hydrogens is 280 g/mol. The van der Waals surface area contributed by atoms with Crippen LogP contribution in [0, 0.1) is 5.92 Å². The van der Waals surface area contributed by atoms with E-state index in [0.717, 1.165) is 50.4 Å². The van der Waals surface area contributed by atoms with Crippen molar-refractivity contribution >= 4 is 17.6 Å². The molecule has 3 heterocycles. The molecule has 1 saturated heterocycles. The molecule has 1 aromatic rings. The fourth-order valence-corrected chi connectivity index (χ4v) is 3.45. The van der Waals surface area contributed by atoms with Gasteiger partial charge in [-0.3, -0.25) is 4.79 Å². The van der Waals surface area contributed by atoms with Crippen molar-refractivity contribution in [3.05, 3.63) is 16.7 Å². The number of ether oxygens (including phenoxy) is 2. The highest BCUT2D eigenvalue weighted by atomic mass is 35.5. The van der Waals surface area contributed by atoms with E-state index in [2.05, 4.69) is 9.55 Å². The largest absolute Gasteiger partial charge is 0.469 e. The smallest absolute Gasteiger partial charge is 0.310 e. The van der Waals surface area contributed by atoms with Crippen molar-refractivity contribution < 1.29 is 14.3 Å². The van der Waals surface area contributed by atoms with Crippen LogP contribution in [0.4, 0.5) is 0 Å². The molecule has 0 aromatic carbocycles. The first kappa shape index (κ1) is 13.9. The number of rotatable bonds is 2. The summed E-state index contributed by atoms with van der Waals surface area (Å²) in [4.78, 5) is 16.3. The maximum absolute atomic E-state index is 11.8. The van der Waals surface area contributed by atoms with Crippen molar-refractivity contribution in [3.8, 4) is 0 Å². The van der Waals surface area contributed by atoms with Crippen LogP contribution in [-0.4, -0.2) is 35.8 Å². The van der Waals surface area contributed by atoms with Gasteiger partial charge in [0.05, 0.1) is 18.7 Å². The Morgan fingerprint density at radius 2 is 2.15 bits per heavy atom. The van der Waals surface area contributed by atoms with E-state index in [9.17, 15) is 4.79 Å². The second-order valence-corrected chi connectivity index (χ2v) is 5.82. The molecule has 0 saturated carbocycles. The van der Waals surface area contributed by atoms with E-state index in [1.165, 1.54) is 7.11 Å². The number of aromatic nitrogens is 2. The van der Waals surface area contributed by atoms with Crippen molar-refractivity contribution in [2.75, 3.05) is 20.3 Å². The van der Waals surface area contributed by atoms with Crippen LogP contribution in [0.5, 0.6) is 0 Å². The number of hydrogen-bond acceptors (Lipinski definition) is 4. The second-order valence-electron chi connectivity index (χ2n) is 5.46. The molecule has 3 rings (SSSR count). The fraction of sp³-hybridized carbons (Fsp3) is 0.714. The highest BCUT2D eigenvalue weighted by Gasteiger charge is 2.32. The van der Waals surface area contributed by atoms with Gasteiger partial charge in [-0.05, 0) is 25.7 Å². The van der Waals surface area contributed by atoms with Gasteiger partial charge in [-0.2, -0.15) is 0 Å². The van der Waals surface area contributed by atoms with Crippen LogP contribution >= 0.6 is 11.6 Å². The van der Waals surface area contributed by atoms with Crippen molar-refractivity contribution in [3.63, 3.8) is 0 Å². The van der Waals surface area contributed by atoms with Crippen molar-refractivity contribution in [1.82, 2.24) is 9.55 Å². The lowest BCUT2D eigenvalue weighted by Crippen LogP contribution is -2.29. The highest BCUT2D eigenvalue weighted by molar-refractivity contribution is 6.30. The molecule has 0 N–H and O–H groups in total. The normalized spacial score (nSPS) is 23.4. The molecule has 0 spiro atoms. The van der Waals surface area contributed by atoms with Crippen LogP contribution in [0.3, 0.4) is 0 Å². The van der Waals surface area contributed by atoms with Gasteiger partial charge in [0.1, 0.15) is 5.82 Å². The van der Waals surface area contributed by atoms with Gasteiger partial charge in [-0.1, -0.05) is 11.6 Å². The molecule has 1 atom stereocenters. The monoisotopic (exact) mass is 298 g/mol. The van der Waals surface area contributed by atoms with Crippen molar-refractivity contribution in [1.29, 1.82) is 0 Å². The van der Waals surface area contributed by atoms with Gasteiger partial charge in [-0.15, -0.1) is 0 Å². The van der Waals surface area contributed by atoms with Crippen molar-refractivity contribution in [2.45, 2.75) is 38.1 Å². The van der Waals surface area contributed by atoms with Crippen molar-refractivity contribution in [2.24, 2.45) is 5.92 Å². The Balaban J connectivity index is 1.88. The summed E-state index contributed by atoms with van der Waals surface area (Å²) in [6, 6.07) is 0. The summed E-state index contributed by atoms with van der Waals surface area (Å²) < 4.78 is 12.4. The van der Waals surface area contributed by atoms with Gasteiger partial charge in [0.25, 0.3) is 0 Å². The lowest BCUT2D eigenvalue weighted by atomic mass is 9.96. The average Bonchev–Trinajstić information content (AvgIpc) is 2.84. The minimum absolute atomic E-state index is 0.0867. The predicted octanol–water partition coefficient (Wildman–Crippen LogP) is 2.17. The molecule has 6 heteroatoms. The minimum Gasteiger partial charge on any atom is -0.469 e. The second kappa shape index (κ2) is 5.74. The van der Waals surface area contributed by atoms with E-state index >= 15 is 0 Å². The number of methoxy groups -OCH3 is 1. The molecule has 2 aliphatic rings. The van der Waals surface area contributed by atoms with E-state index in [1.807, 2.05) is 0 Å². The van der Waals surface area contributed by atoms with Gasteiger partial charge in [-0.25, -0.2) is 4.98 Å². The highest BCUT2D eigenvalue weighted by Crippen LogP contribution is 2.34. The zero-order valence-corrected chi connectivity index (χ0v) is 12.4. The van der Waals surface area contributed by atoms with Gasteiger partial charge in [0, 0.05) is 25.7 Å². The Hall–Kier alpha value is -1.07. The lowest BCUT2D eigenvalue weighted by molar-refractivity contribution is -0.146. The number of esters is 1. The number of imidazole rings is 1. The first-order chi connectivity index (χ1) is 9.70. The maximum atomic E-state index is 11.8. The van der Waals surface area contributed by atoms with E-state index < -0.39 is 0 Å². The Morgan fingerprint density at radius 3 is 2.85 bits per heavy atom. The van der Waals surface area contributed by atoms with Crippen LogP contribution in [0.1, 0.15) is 36.7 Å². The molecule has 1 fully saturated rings. The molecular formula is C14H19ClN2O3. The van der Waals surface area contributed by atoms with Crippen LogP contribution in [0.25, 0.3) is 0 Å². The average molecular weight is 299 g/mol. The topological polar surface area (TPSA) is 53.4 Å². The third-order valence-electron chi connectivity index (χ3n) is 4.31. The number of halogens is 1. The Kier molecular flexibility index (Phi) is 3.98. The quantitative estimate of drug-likeness (QED) is 0.785. The summed E-state index contributed by atoms with van der Waals surface area (Å²) in [5, 5.41) is 0.592. The summed E-state index contributed by atoms with van der Waals surface area (Å²) in [6.07, 6.45) is 3.51. The molecule has 110 valence electrons. The fourth-order valence-electron chi connectivity index (χ4n) is 3.17. The van der Waals surface area contributed by atoms with Crippen LogP contribution in [-0.2, 0) is 27.2 Å². The summed E-state index contributed by atoms with van der Waals surface area (Å²) in [7, 11) is 1.44. The first-order valence-corrected chi connectivity index (χ1v) is 7.49. The summed E-state index contributed by atoms with van der Waals surface area (Å²) in [6.45, 7) is 2.17. The third-order valence-corrected chi connectivity index (χ3v) is 4.61. The van der Waals surface area contributed by atoms with E-state index in [1.54, 1.807) is 0 Å². The number of carbonyl (C=O) groups is 1. The summed E-state index contributed by atoms with van der Waals surface area (Å²) in [5.74, 6) is 1.17. The summed E-state index contributed by atoms with van der Waals surface area (Å²) >= 11 is 6.26. The zero-order valence-electron chi connectivity index (χ0n) is 11.6. The van der Waals surface area contributed by atoms with E-state index in [0.29, 0.717) is 17.6 Å². The number of fused-ring (bicyclic) bond motifs is 1. The van der Waals surface area contributed by atoms with Crippen LogP contribution in [0.15, 0.2) is 0 Å². The first-order valence-electron chi connectivity index (χ1n) is 7.11. The number of nitrogens with zero attached hydrogens (tertiary/aromatic N) is 2. The van der Waals surface area contributed by atoms with Gasteiger partial charge >= 0.3 is 5.97 Å². The van der Waals surface area contributed by atoms with Crippen LogP contribution < -0.4 is 0 Å². The zero-order chi connectivity index (χ0) is 14.1. The van der Waals surface area contributed by atoms with E-state index in [-0.39, 0.29) is 11.9 Å². The summed E-state index contributed by atoms with van der Waals surface area (Å²) in [5.41, 5.74) is 1.06. The van der Waals surface area contributed by atoms with Crippen LogP contribution in [0.2, 0.25) is 5.15 Å².